The Bertz CT molecular complexity index is 993. The van der Waals surface area contributed by atoms with Gasteiger partial charge in [-0.1, -0.05) is 88.4 Å². The van der Waals surface area contributed by atoms with E-state index in [1.54, 1.807) is 0 Å². The van der Waals surface area contributed by atoms with E-state index in [4.69, 9.17) is 0 Å². The first-order valence-corrected chi connectivity index (χ1v) is 11.6. The maximum atomic E-state index is 4.25. The van der Waals surface area contributed by atoms with Crippen molar-refractivity contribution in [3.63, 3.8) is 0 Å². The second-order valence-corrected chi connectivity index (χ2v) is 8.58. The van der Waals surface area contributed by atoms with Gasteiger partial charge in [0.15, 0.2) is 0 Å². The molecule has 0 heterocycles. The van der Waals surface area contributed by atoms with Crippen molar-refractivity contribution in [1.82, 2.24) is 0 Å². The van der Waals surface area contributed by atoms with Gasteiger partial charge < -0.3 is 5.32 Å². The minimum absolute atomic E-state index is 0.737. The third kappa shape index (κ3) is 6.85. The van der Waals surface area contributed by atoms with E-state index in [1.165, 1.54) is 39.8 Å². The molecule has 0 aliphatic rings. The van der Waals surface area contributed by atoms with E-state index in [0.717, 1.165) is 29.3 Å². The molecule has 0 amide bonds. The number of hydrogen-bond acceptors (Lipinski definition) is 1. The molecule has 0 aliphatic carbocycles. The average Bonchev–Trinajstić information content (AvgIpc) is 2.75. The molecule has 3 rings (SSSR count). The summed E-state index contributed by atoms with van der Waals surface area (Å²) in [6.07, 6.45) is 2.36. The first-order valence-electron chi connectivity index (χ1n) is 11.6. The Morgan fingerprint density at radius 2 is 1.39 bits per heavy atom. The van der Waals surface area contributed by atoms with Crippen molar-refractivity contribution < 1.29 is 0 Å². The number of rotatable bonds is 7. The van der Waals surface area contributed by atoms with E-state index in [0.29, 0.717) is 0 Å². The third-order valence-corrected chi connectivity index (χ3v) is 5.51. The highest BCUT2D eigenvalue weighted by Gasteiger charge is 2.07. The molecule has 0 spiro atoms. The molecule has 0 radical (unpaired) electrons. The Labute approximate surface area is 190 Å². The predicted molar refractivity (Wildman–Crippen MR) is 140 cm³/mol. The van der Waals surface area contributed by atoms with Crippen LogP contribution >= 0.6 is 0 Å². The SMILES string of the molecule is C=C(Nc1ccc(-c2ccc(C)cc2C)c(C)c1)c1ccc(CCC(C)C)cc1.CC. The second-order valence-electron chi connectivity index (χ2n) is 8.58. The largest absolute Gasteiger partial charge is 0.356 e. The minimum Gasteiger partial charge on any atom is -0.356 e. The lowest BCUT2D eigenvalue weighted by Crippen LogP contribution is -1.99. The van der Waals surface area contributed by atoms with Crippen LogP contribution in [0.4, 0.5) is 5.69 Å². The molecule has 0 aliphatic heterocycles. The summed E-state index contributed by atoms with van der Waals surface area (Å²) in [5.41, 5.74) is 11.0. The summed E-state index contributed by atoms with van der Waals surface area (Å²) in [7, 11) is 0. The van der Waals surface area contributed by atoms with Crippen LogP contribution in [0.25, 0.3) is 16.8 Å². The first kappa shape index (κ1) is 24.5. The Morgan fingerprint density at radius 3 is 1.94 bits per heavy atom. The summed E-state index contributed by atoms with van der Waals surface area (Å²) in [6, 6.07) is 22.0. The molecule has 1 N–H and O–H groups in total. The van der Waals surface area contributed by atoms with Crippen molar-refractivity contribution in [1.29, 1.82) is 0 Å². The van der Waals surface area contributed by atoms with Gasteiger partial charge in [-0.05, 0) is 85.0 Å². The number of nitrogens with one attached hydrogen (secondary N) is 1. The maximum absolute atomic E-state index is 4.25. The van der Waals surface area contributed by atoms with Gasteiger partial charge in [-0.3, -0.25) is 0 Å². The molecule has 3 aromatic rings. The summed E-state index contributed by atoms with van der Waals surface area (Å²) in [4.78, 5) is 0. The van der Waals surface area contributed by atoms with Crippen molar-refractivity contribution in [3.8, 4) is 11.1 Å². The highest BCUT2D eigenvalue weighted by molar-refractivity contribution is 5.78. The maximum Gasteiger partial charge on any atom is 0.0387 e. The van der Waals surface area contributed by atoms with Gasteiger partial charge in [0.2, 0.25) is 0 Å². The first-order chi connectivity index (χ1) is 14.8. The number of hydrogen-bond donors (Lipinski definition) is 1. The molecule has 0 fully saturated rings. The fourth-order valence-electron chi connectivity index (χ4n) is 3.73. The van der Waals surface area contributed by atoms with Gasteiger partial charge in [-0.25, -0.2) is 0 Å². The average molecular weight is 414 g/mol. The Balaban J connectivity index is 0.00000166. The summed E-state index contributed by atoms with van der Waals surface area (Å²) in [5.74, 6) is 0.737. The smallest absolute Gasteiger partial charge is 0.0387 e. The summed E-state index contributed by atoms with van der Waals surface area (Å²) >= 11 is 0. The van der Waals surface area contributed by atoms with Crippen molar-refractivity contribution in [2.24, 2.45) is 5.92 Å². The molecular weight excluding hydrogens is 374 g/mol. The summed E-state index contributed by atoms with van der Waals surface area (Å²) < 4.78 is 0. The monoisotopic (exact) mass is 413 g/mol. The Kier molecular flexibility index (Phi) is 9.12. The van der Waals surface area contributed by atoms with Crippen LogP contribution in [0.15, 0.2) is 67.2 Å². The lowest BCUT2D eigenvalue weighted by atomic mass is 9.95. The zero-order valence-corrected chi connectivity index (χ0v) is 20.5. The van der Waals surface area contributed by atoms with E-state index in [1.807, 2.05) is 13.8 Å². The van der Waals surface area contributed by atoms with Gasteiger partial charge in [0.25, 0.3) is 0 Å². The molecule has 0 atom stereocenters. The van der Waals surface area contributed by atoms with Crippen molar-refractivity contribution >= 4 is 11.4 Å². The van der Waals surface area contributed by atoms with Gasteiger partial charge in [0.1, 0.15) is 0 Å². The molecule has 1 heteroatoms. The van der Waals surface area contributed by atoms with Crippen LogP contribution in [0.5, 0.6) is 0 Å². The quantitative estimate of drug-likeness (QED) is 0.407. The number of aryl methyl sites for hydroxylation is 4. The molecule has 1 nitrogen and oxygen atoms in total. The van der Waals surface area contributed by atoms with E-state index >= 15 is 0 Å². The van der Waals surface area contributed by atoms with Crippen molar-refractivity contribution in [2.45, 2.75) is 61.3 Å². The normalized spacial score (nSPS) is 10.5. The summed E-state index contributed by atoms with van der Waals surface area (Å²) in [6.45, 7) is 19.3. The van der Waals surface area contributed by atoms with Crippen LogP contribution in [-0.2, 0) is 6.42 Å². The predicted octanol–water partition coefficient (Wildman–Crippen LogP) is 8.98. The van der Waals surface area contributed by atoms with Crippen molar-refractivity contribution in [3.05, 3.63) is 95.1 Å². The molecule has 0 saturated heterocycles. The summed E-state index contributed by atoms with van der Waals surface area (Å²) in [5, 5.41) is 3.48. The molecule has 0 saturated carbocycles. The van der Waals surface area contributed by atoms with E-state index in [2.05, 4.69) is 107 Å². The number of anilines is 1. The van der Waals surface area contributed by atoms with Crippen LogP contribution in [0.2, 0.25) is 0 Å². The van der Waals surface area contributed by atoms with Gasteiger partial charge in [0, 0.05) is 11.4 Å². The van der Waals surface area contributed by atoms with E-state index < -0.39 is 0 Å². The molecular formula is C30H39N. The van der Waals surface area contributed by atoms with Gasteiger partial charge in [-0.15, -0.1) is 0 Å². The van der Waals surface area contributed by atoms with E-state index in [-0.39, 0.29) is 0 Å². The molecule has 0 aromatic heterocycles. The van der Waals surface area contributed by atoms with Crippen LogP contribution in [-0.4, -0.2) is 0 Å². The molecule has 31 heavy (non-hydrogen) atoms. The van der Waals surface area contributed by atoms with Gasteiger partial charge in [-0.2, -0.15) is 0 Å². The molecule has 3 aromatic carbocycles. The third-order valence-electron chi connectivity index (χ3n) is 5.51. The minimum atomic E-state index is 0.737. The zero-order valence-electron chi connectivity index (χ0n) is 20.5. The highest BCUT2D eigenvalue weighted by atomic mass is 14.9. The van der Waals surface area contributed by atoms with Crippen molar-refractivity contribution in [2.75, 3.05) is 5.32 Å². The zero-order chi connectivity index (χ0) is 23.0. The molecule has 0 unspecified atom stereocenters. The fourth-order valence-corrected chi connectivity index (χ4v) is 3.73. The van der Waals surface area contributed by atoms with Crippen LogP contribution in [0.1, 0.15) is 61.9 Å². The van der Waals surface area contributed by atoms with Gasteiger partial charge in [0.05, 0.1) is 0 Å². The lowest BCUT2D eigenvalue weighted by molar-refractivity contribution is 0.587. The topological polar surface area (TPSA) is 12.0 Å². The highest BCUT2D eigenvalue weighted by Crippen LogP contribution is 2.30. The van der Waals surface area contributed by atoms with Crippen LogP contribution in [0.3, 0.4) is 0 Å². The molecule has 164 valence electrons. The fraction of sp³-hybridized carbons (Fsp3) is 0.333. The van der Waals surface area contributed by atoms with E-state index in [9.17, 15) is 0 Å². The second kappa shape index (κ2) is 11.6. The van der Waals surface area contributed by atoms with Gasteiger partial charge >= 0.3 is 0 Å². The standard InChI is InChI=1S/C28H33N.C2H6/c1-19(2)7-9-24-10-12-25(13-11-24)23(6)29-26-14-16-28(22(5)18-26)27-15-8-20(3)17-21(27)4;1-2/h8,10-19,29H,6-7,9H2,1-5H3;1-2H3. The molecule has 0 bridgehead atoms. The Morgan fingerprint density at radius 1 is 0.806 bits per heavy atom. The Hall–Kier alpha value is -2.80. The van der Waals surface area contributed by atoms with Crippen LogP contribution in [0, 0.1) is 26.7 Å². The number of benzene rings is 3. The lowest BCUT2D eigenvalue weighted by Gasteiger charge is -2.15. The van der Waals surface area contributed by atoms with Crippen LogP contribution < -0.4 is 5.32 Å².